The number of aromatic hydroxyl groups is 1. The maximum Gasteiger partial charge on any atom is 0.284 e. The first kappa shape index (κ1) is 11.5. The van der Waals surface area contributed by atoms with Crippen molar-refractivity contribution in [1.29, 1.82) is 0 Å². The van der Waals surface area contributed by atoms with Crippen molar-refractivity contribution in [2.75, 3.05) is 6.61 Å². The second kappa shape index (κ2) is 4.10. The zero-order chi connectivity index (χ0) is 12.5. The van der Waals surface area contributed by atoms with Gasteiger partial charge in [0, 0.05) is 0 Å². The van der Waals surface area contributed by atoms with Crippen LogP contribution >= 0.6 is 0 Å². The Bertz CT molecular complexity index is 587. The molecule has 0 saturated carbocycles. The first-order chi connectivity index (χ1) is 7.99. The normalized spacial score (nSPS) is 17.4. The van der Waals surface area contributed by atoms with Crippen LogP contribution in [0, 0.1) is 0 Å². The number of nitrogens with zero attached hydrogens (tertiary/aromatic N) is 1. The molecule has 1 heterocycles. The number of allylic oxidation sites excluding steroid dienone is 1. The van der Waals surface area contributed by atoms with Gasteiger partial charge in [-0.1, -0.05) is 0 Å². The highest BCUT2D eigenvalue weighted by Crippen LogP contribution is 2.20. The molecule has 0 saturated heterocycles. The molecule has 0 unspecified atom stereocenters. The van der Waals surface area contributed by atoms with Gasteiger partial charge in [-0.05, 0) is 24.3 Å². The van der Waals surface area contributed by atoms with Gasteiger partial charge in [0.2, 0.25) is 0 Å². The molecule has 0 bridgehead atoms. The van der Waals surface area contributed by atoms with Gasteiger partial charge in [0.05, 0.1) is 11.9 Å². The van der Waals surface area contributed by atoms with Crippen molar-refractivity contribution in [3.8, 4) is 11.5 Å². The summed E-state index contributed by atoms with van der Waals surface area (Å²) in [6.07, 6.45) is 1.09. The number of hydrogen-bond donors (Lipinski definition) is 2. The fraction of sp³-hybridized carbons (Fsp3) is 0.100. The van der Waals surface area contributed by atoms with Crippen molar-refractivity contribution < 1.29 is 18.3 Å². The van der Waals surface area contributed by atoms with Crippen LogP contribution in [-0.4, -0.2) is 26.3 Å². The summed E-state index contributed by atoms with van der Waals surface area (Å²) in [7, 11) is -3.66. The third-order valence-electron chi connectivity index (χ3n) is 2.17. The number of sulfonamides is 1. The summed E-state index contributed by atoms with van der Waals surface area (Å²) in [5.41, 5.74) is 5.56. The molecule has 1 aliphatic rings. The number of nitrogens with two attached hydrogens (primary N) is 1. The van der Waals surface area contributed by atoms with Crippen molar-refractivity contribution >= 4 is 16.2 Å². The lowest BCUT2D eigenvalue weighted by Gasteiger charge is -2.06. The lowest BCUT2D eigenvalue weighted by atomic mass is 10.3. The van der Waals surface area contributed by atoms with Crippen LogP contribution in [0.3, 0.4) is 0 Å². The van der Waals surface area contributed by atoms with Gasteiger partial charge in [-0.3, -0.25) is 0 Å². The molecule has 0 amide bonds. The Hall–Kier alpha value is -2.02. The number of benzene rings is 1. The molecule has 0 aromatic heterocycles. The summed E-state index contributed by atoms with van der Waals surface area (Å²) in [6.45, 7) is -0.182. The molecule has 0 spiro atoms. The Labute approximate surface area is 98.1 Å². The molecule has 3 N–H and O–H groups in total. The molecular formula is C10H10N2O4S. The van der Waals surface area contributed by atoms with E-state index in [1.165, 1.54) is 24.3 Å². The Kier molecular flexibility index (Phi) is 2.76. The smallest absolute Gasteiger partial charge is 0.284 e. The molecule has 0 fully saturated rings. The zero-order valence-electron chi connectivity index (χ0n) is 8.70. The van der Waals surface area contributed by atoms with Crippen molar-refractivity contribution in [2.45, 2.75) is 0 Å². The minimum Gasteiger partial charge on any atom is -0.508 e. The van der Waals surface area contributed by atoms with Crippen LogP contribution in [0.4, 0.5) is 0 Å². The van der Waals surface area contributed by atoms with E-state index < -0.39 is 10.0 Å². The Morgan fingerprint density at radius 3 is 2.47 bits per heavy atom. The maximum absolute atomic E-state index is 11.4. The topological polar surface area (TPSA) is 102 Å². The summed E-state index contributed by atoms with van der Waals surface area (Å²) in [6, 6.07) is 5.92. The standard InChI is InChI=1S/C10H10N2O4S/c11-9-5-12-17(14,15)10(9)6-16-8-3-1-7(13)2-4-8/h1-5,13H,6,11H2. The lowest BCUT2D eigenvalue weighted by Crippen LogP contribution is -2.12. The monoisotopic (exact) mass is 254 g/mol. The Balaban J connectivity index is 2.10. The second-order valence-electron chi connectivity index (χ2n) is 3.37. The molecule has 2 rings (SSSR count). The number of hydrogen-bond acceptors (Lipinski definition) is 5. The first-order valence-corrected chi connectivity index (χ1v) is 6.14. The van der Waals surface area contributed by atoms with E-state index >= 15 is 0 Å². The average Bonchev–Trinajstić information content (AvgIpc) is 2.53. The van der Waals surface area contributed by atoms with Crippen LogP contribution in [0.25, 0.3) is 0 Å². The van der Waals surface area contributed by atoms with Crippen LogP contribution in [0.15, 0.2) is 39.3 Å². The van der Waals surface area contributed by atoms with E-state index in [-0.39, 0.29) is 23.0 Å². The minimum absolute atomic E-state index is 0.0504. The van der Waals surface area contributed by atoms with Gasteiger partial charge < -0.3 is 15.6 Å². The molecule has 7 heteroatoms. The van der Waals surface area contributed by atoms with Crippen LogP contribution < -0.4 is 10.5 Å². The van der Waals surface area contributed by atoms with Gasteiger partial charge in [0.15, 0.2) is 0 Å². The lowest BCUT2D eigenvalue weighted by molar-refractivity contribution is 0.356. The maximum atomic E-state index is 11.4. The van der Waals surface area contributed by atoms with Crippen LogP contribution in [0.1, 0.15) is 0 Å². The SMILES string of the molecule is NC1=C(COc2ccc(O)cc2)S(=O)(=O)N=C1. The first-order valence-electron chi connectivity index (χ1n) is 4.70. The molecule has 1 aliphatic heterocycles. The fourth-order valence-corrected chi connectivity index (χ4v) is 2.20. The van der Waals surface area contributed by atoms with Crippen molar-refractivity contribution in [1.82, 2.24) is 0 Å². The highest BCUT2D eigenvalue weighted by atomic mass is 32.2. The summed E-state index contributed by atoms with van der Waals surface area (Å²) >= 11 is 0. The zero-order valence-corrected chi connectivity index (χ0v) is 9.52. The Morgan fingerprint density at radius 2 is 1.94 bits per heavy atom. The summed E-state index contributed by atoms with van der Waals surface area (Å²) in [5.74, 6) is 0.540. The van der Waals surface area contributed by atoms with Crippen molar-refractivity contribution in [3.05, 3.63) is 34.9 Å². The van der Waals surface area contributed by atoms with Crippen LogP contribution in [-0.2, 0) is 10.0 Å². The predicted molar refractivity (Wildman–Crippen MR) is 62.2 cm³/mol. The van der Waals surface area contributed by atoms with Gasteiger partial charge in [0.1, 0.15) is 23.0 Å². The summed E-state index contributed by atoms with van der Waals surface area (Å²) < 4.78 is 31.3. The van der Waals surface area contributed by atoms with E-state index in [2.05, 4.69) is 4.40 Å². The van der Waals surface area contributed by atoms with Gasteiger partial charge in [-0.25, -0.2) is 0 Å². The number of phenols is 1. The average molecular weight is 254 g/mol. The fourth-order valence-electron chi connectivity index (χ4n) is 1.26. The minimum atomic E-state index is -3.66. The molecule has 1 aromatic rings. The quantitative estimate of drug-likeness (QED) is 0.810. The molecule has 90 valence electrons. The largest absolute Gasteiger partial charge is 0.508 e. The molecule has 1 aromatic carbocycles. The summed E-state index contributed by atoms with van der Waals surface area (Å²) in [4.78, 5) is -0.0504. The number of rotatable bonds is 3. The summed E-state index contributed by atoms with van der Waals surface area (Å²) in [5, 5.41) is 9.06. The van der Waals surface area contributed by atoms with Gasteiger partial charge >= 0.3 is 0 Å². The predicted octanol–water partition coefficient (Wildman–Crippen LogP) is 0.356. The molecule has 0 radical (unpaired) electrons. The third kappa shape index (κ3) is 2.39. The van der Waals surface area contributed by atoms with E-state index in [4.69, 9.17) is 15.6 Å². The van der Waals surface area contributed by atoms with Gasteiger partial charge in [-0.15, -0.1) is 0 Å². The van der Waals surface area contributed by atoms with E-state index in [1.54, 1.807) is 0 Å². The van der Waals surface area contributed by atoms with Gasteiger partial charge in [-0.2, -0.15) is 12.8 Å². The third-order valence-corrected chi connectivity index (χ3v) is 3.53. The molecule has 0 atom stereocenters. The Morgan fingerprint density at radius 1 is 1.29 bits per heavy atom. The van der Waals surface area contributed by atoms with E-state index in [0.29, 0.717) is 5.75 Å². The molecule has 0 aliphatic carbocycles. The number of phenolic OH excluding ortho intramolecular Hbond substituents is 1. The highest BCUT2D eigenvalue weighted by Gasteiger charge is 2.24. The van der Waals surface area contributed by atoms with E-state index in [1.807, 2.05) is 0 Å². The van der Waals surface area contributed by atoms with E-state index in [0.717, 1.165) is 6.21 Å². The highest BCUT2D eigenvalue weighted by molar-refractivity contribution is 7.94. The van der Waals surface area contributed by atoms with Crippen LogP contribution in [0.5, 0.6) is 11.5 Å². The number of ether oxygens (including phenoxy) is 1. The van der Waals surface area contributed by atoms with Crippen molar-refractivity contribution in [3.63, 3.8) is 0 Å². The van der Waals surface area contributed by atoms with E-state index in [9.17, 15) is 8.42 Å². The molecule has 17 heavy (non-hydrogen) atoms. The van der Waals surface area contributed by atoms with Gasteiger partial charge in [0.25, 0.3) is 10.0 Å². The molecule has 6 nitrogen and oxygen atoms in total. The molecular weight excluding hydrogens is 244 g/mol. The van der Waals surface area contributed by atoms with Crippen LogP contribution in [0.2, 0.25) is 0 Å². The van der Waals surface area contributed by atoms with Crippen molar-refractivity contribution in [2.24, 2.45) is 10.1 Å². The second-order valence-corrected chi connectivity index (χ2v) is 5.02.